The molecule has 0 aromatic carbocycles. The highest BCUT2D eigenvalue weighted by Crippen LogP contribution is 2.32. The van der Waals surface area contributed by atoms with Crippen molar-refractivity contribution in [2.45, 2.75) is 37.9 Å². The van der Waals surface area contributed by atoms with Gasteiger partial charge in [0.2, 0.25) is 5.28 Å². The second-order valence-electron chi connectivity index (χ2n) is 6.03. The zero-order chi connectivity index (χ0) is 18.1. The van der Waals surface area contributed by atoms with Crippen LogP contribution in [0.4, 0.5) is 5.82 Å². The molecular formula is C15H20ClN5O4. The van der Waals surface area contributed by atoms with Crippen molar-refractivity contribution in [2.24, 2.45) is 0 Å². The molecular weight excluding hydrogens is 350 g/mol. The first kappa shape index (κ1) is 18.0. The van der Waals surface area contributed by atoms with Crippen LogP contribution in [0.5, 0.6) is 0 Å². The van der Waals surface area contributed by atoms with Gasteiger partial charge >= 0.3 is 0 Å². The van der Waals surface area contributed by atoms with Crippen LogP contribution in [0.15, 0.2) is 18.5 Å². The summed E-state index contributed by atoms with van der Waals surface area (Å²) >= 11 is 6.01. The second-order valence-corrected chi connectivity index (χ2v) is 6.37. The maximum atomic E-state index is 10.2. The molecule has 9 nitrogen and oxygen atoms in total. The minimum absolute atomic E-state index is 0.0128. The van der Waals surface area contributed by atoms with Gasteiger partial charge in [0.05, 0.1) is 12.9 Å². The number of rotatable bonds is 6. The Morgan fingerprint density at radius 1 is 1.40 bits per heavy atom. The van der Waals surface area contributed by atoms with Gasteiger partial charge in [-0.2, -0.15) is 9.97 Å². The summed E-state index contributed by atoms with van der Waals surface area (Å²) in [5.74, 6) is 0.460. The van der Waals surface area contributed by atoms with E-state index in [9.17, 15) is 15.3 Å². The van der Waals surface area contributed by atoms with Crippen LogP contribution in [0.3, 0.4) is 0 Å². The Labute approximate surface area is 148 Å². The Bertz CT molecular complexity index is 783. The largest absolute Gasteiger partial charge is 0.394 e. The lowest BCUT2D eigenvalue weighted by atomic mass is 10.1. The van der Waals surface area contributed by atoms with E-state index in [4.69, 9.17) is 16.3 Å². The number of fused-ring (bicyclic) bond motifs is 1. The molecule has 1 saturated heterocycles. The minimum atomic E-state index is -1.23. The van der Waals surface area contributed by atoms with E-state index in [1.54, 1.807) is 0 Å². The molecule has 0 aliphatic carbocycles. The second kappa shape index (κ2) is 7.22. The minimum Gasteiger partial charge on any atom is -0.394 e. The Kier molecular flexibility index (Phi) is 5.21. The average molecular weight is 370 g/mol. The fourth-order valence-electron chi connectivity index (χ4n) is 2.70. The van der Waals surface area contributed by atoms with Crippen molar-refractivity contribution < 1.29 is 20.1 Å². The lowest BCUT2D eigenvalue weighted by Crippen LogP contribution is -2.33. The maximum Gasteiger partial charge on any atom is 0.226 e. The summed E-state index contributed by atoms with van der Waals surface area (Å²) in [5, 5.41) is 32.5. The third-order valence-corrected chi connectivity index (χ3v) is 4.20. The number of ether oxygens (including phenoxy) is 1. The monoisotopic (exact) mass is 369 g/mol. The molecule has 2 aromatic heterocycles. The highest BCUT2D eigenvalue weighted by molar-refractivity contribution is 6.28. The molecule has 0 unspecified atom stereocenters. The molecule has 0 radical (unpaired) electrons. The Morgan fingerprint density at radius 2 is 2.16 bits per heavy atom. The number of imidazole rings is 1. The number of hydrogen-bond acceptors (Lipinski definition) is 8. The van der Waals surface area contributed by atoms with E-state index in [-0.39, 0.29) is 5.28 Å². The number of anilines is 1. The molecule has 1 fully saturated rings. The normalized spacial score (nSPS) is 26.3. The average Bonchev–Trinajstić information content (AvgIpc) is 3.09. The summed E-state index contributed by atoms with van der Waals surface area (Å²) in [5.41, 5.74) is 1.84. The number of aliphatic hydroxyl groups is 3. The number of nitrogens with zero attached hydrogens (tertiary/aromatic N) is 4. The van der Waals surface area contributed by atoms with Crippen molar-refractivity contribution in [3.05, 3.63) is 23.8 Å². The number of aliphatic hydroxyl groups excluding tert-OH is 3. The van der Waals surface area contributed by atoms with Crippen LogP contribution in [0.2, 0.25) is 5.28 Å². The zero-order valence-corrected chi connectivity index (χ0v) is 14.4. The summed E-state index contributed by atoms with van der Waals surface area (Å²) in [4.78, 5) is 12.6. The summed E-state index contributed by atoms with van der Waals surface area (Å²) in [7, 11) is 0. The Hall–Kier alpha value is -1.78. The molecule has 1 aliphatic rings. The number of halogens is 1. The van der Waals surface area contributed by atoms with E-state index in [1.165, 1.54) is 10.9 Å². The topological polar surface area (TPSA) is 126 Å². The van der Waals surface area contributed by atoms with Crippen molar-refractivity contribution >= 4 is 28.6 Å². The van der Waals surface area contributed by atoms with E-state index >= 15 is 0 Å². The smallest absolute Gasteiger partial charge is 0.226 e. The van der Waals surface area contributed by atoms with Crippen LogP contribution in [-0.2, 0) is 4.74 Å². The quantitative estimate of drug-likeness (QED) is 0.427. The molecule has 0 amide bonds. The fraction of sp³-hybridized carbons (Fsp3) is 0.533. The lowest BCUT2D eigenvalue weighted by molar-refractivity contribution is -0.0511. The Morgan fingerprint density at radius 3 is 2.80 bits per heavy atom. The van der Waals surface area contributed by atoms with E-state index in [1.807, 2.05) is 6.92 Å². The van der Waals surface area contributed by atoms with Crippen LogP contribution in [0.1, 0.15) is 19.6 Å². The number of aromatic nitrogens is 4. The predicted molar refractivity (Wildman–Crippen MR) is 91.3 cm³/mol. The van der Waals surface area contributed by atoms with E-state index in [0.717, 1.165) is 12.0 Å². The molecule has 2 aromatic rings. The highest BCUT2D eigenvalue weighted by Gasteiger charge is 2.44. The van der Waals surface area contributed by atoms with Crippen LogP contribution in [0, 0.1) is 0 Å². The summed E-state index contributed by atoms with van der Waals surface area (Å²) in [6.07, 6.45) is -2.08. The van der Waals surface area contributed by atoms with Crippen molar-refractivity contribution in [1.82, 2.24) is 19.5 Å². The van der Waals surface area contributed by atoms with Crippen LogP contribution in [0.25, 0.3) is 11.2 Å². The summed E-state index contributed by atoms with van der Waals surface area (Å²) in [6.45, 7) is 5.98. The van der Waals surface area contributed by atoms with Crippen LogP contribution >= 0.6 is 11.6 Å². The van der Waals surface area contributed by atoms with Crippen molar-refractivity contribution in [1.29, 1.82) is 0 Å². The standard InChI is InChI=1S/C15H20ClN5O4/c1-7(2)3-4-17-12-9-13(20-15(16)19-12)21(6-18-9)14-11(24)10(23)8(5-22)25-14/h6,8,10-11,14,22-24H,1,3-5H2,2H3,(H,17,19,20)/t8-,10-,11-,14-/m1/s1. The van der Waals surface area contributed by atoms with Crippen molar-refractivity contribution in [3.63, 3.8) is 0 Å². The number of nitrogens with one attached hydrogen (secondary N) is 1. The highest BCUT2D eigenvalue weighted by atomic mass is 35.5. The van der Waals surface area contributed by atoms with Crippen LogP contribution in [-0.4, -0.2) is 66.3 Å². The molecule has 3 heterocycles. The fourth-order valence-corrected chi connectivity index (χ4v) is 2.87. The third-order valence-electron chi connectivity index (χ3n) is 4.03. The molecule has 1 aliphatic heterocycles. The number of hydrogen-bond donors (Lipinski definition) is 4. The molecule has 0 bridgehead atoms. The molecule has 25 heavy (non-hydrogen) atoms. The summed E-state index contributed by atoms with van der Waals surface area (Å²) in [6, 6.07) is 0. The van der Waals surface area contributed by atoms with Gasteiger partial charge in [-0.25, -0.2) is 4.98 Å². The van der Waals surface area contributed by atoms with E-state index in [2.05, 4.69) is 26.8 Å². The predicted octanol–water partition coefficient (Wildman–Crippen LogP) is 0.469. The van der Waals surface area contributed by atoms with Gasteiger partial charge in [-0.3, -0.25) is 4.57 Å². The van der Waals surface area contributed by atoms with Gasteiger partial charge < -0.3 is 25.4 Å². The molecule has 0 saturated carbocycles. The SMILES string of the molecule is C=C(C)CCNc1nc(Cl)nc2c1ncn2[C@@H]1O[C@H](CO)[C@@H](O)[C@H]1O. The first-order valence-electron chi connectivity index (χ1n) is 7.83. The molecule has 0 spiro atoms. The zero-order valence-electron chi connectivity index (χ0n) is 13.6. The van der Waals surface area contributed by atoms with E-state index < -0.39 is 31.1 Å². The summed E-state index contributed by atoms with van der Waals surface area (Å²) < 4.78 is 6.99. The van der Waals surface area contributed by atoms with Crippen molar-refractivity contribution in [3.8, 4) is 0 Å². The van der Waals surface area contributed by atoms with Gasteiger partial charge in [-0.15, -0.1) is 6.58 Å². The van der Waals surface area contributed by atoms with Crippen molar-refractivity contribution in [2.75, 3.05) is 18.5 Å². The first-order chi connectivity index (χ1) is 11.9. The third kappa shape index (κ3) is 3.46. The molecule has 4 N–H and O–H groups in total. The maximum absolute atomic E-state index is 10.2. The Balaban J connectivity index is 1.93. The van der Waals surface area contributed by atoms with E-state index in [0.29, 0.717) is 23.5 Å². The van der Waals surface area contributed by atoms with Gasteiger partial charge in [0, 0.05) is 6.54 Å². The van der Waals surface area contributed by atoms with Gasteiger partial charge in [-0.05, 0) is 24.9 Å². The molecule has 10 heteroatoms. The van der Waals surface area contributed by atoms with Gasteiger partial charge in [0.15, 0.2) is 23.2 Å². The van der Waals surface area contributed by atoms with Crippen LogP contribution < -0.4 is 5.32 Å². The molecule has 136 valence electrons. The van der Waals surface area contributed by atoms with Gasteiger partial charge in [0.25, 0.3) is 0 Å². The first-order valence-corrected chi connectivity index (χ1v) is 8.21. The molecule has 4 atom stereocenters. The molecule has 3 rings (SSSR count). The van der Waals surface area contributed by atoms with Gasteiger partial charge in [-0.1, -0.05) is 5.57 Å². The van der Waals surface area contributed by atoms with Gasteiger partial charge in [0.1, 0.15) is 18.3 Å². The lowest BCUT2D eigenvalue weighted by Gasteiger charge is -2.16.